The third-order valence-electron chi connectivity index (χ3n) is 5.20. The topological polar surface area (TPSA) is 49.3 Å². The number of alkyl halides is 3. The van der Waals surface area contributed by atoms with Gasteiger partial charge in [-0.1, -0.05) is 11.6 Å². The van der Waals surface area contributed by atoms with E-state index in [1.54, 1.807) is 7.05 Å². The lowest BCUT2D eigenvalue weighted by molar-refractivity contribution is -0.181. The Morgan fingerprint density at radius 1 is 1.21 bits per heavy atom. The Bertz CT molecular complexity index is 737. The zero-order chi connectivity index (χ0) is 21.0. The molecule has 1 atom stereocenters. The largest absolute Gasteiger partial charge is 0.486 e. The second kappa shape index (κ2) is 9.30. The van der Waals surface area contributed by atoms with E-state index in [1.165, 1.54) is 11.8 Å². The molecule has 162 valence electrons. The van der Waals surface area contributed by atoms with E-state index in [1.807, 2.05) is 17.0 Å². The highest BCUT2D eigenvalue weighted by molar-refractivity contribution is 6.32. The lowest BCUT2D eigenvalue weighted by Gasteiger charge is -2.39. The zero-order valence-electron chi connectivity index (χ0n) is 16.6. The first-order valence-electron chi connectivity index (χ1n) is 9.64. The smallest absolute Gasteiger partial charge is 0.403 e. The maximum absolute atomic E-state index is 12.9. The van der Waals surface area contributed by atoms with Gasteiger partial charge in [-0.15, -0.1) is 0 Å². The summed E-state index contributed by atoms with van der Waals surface area (Å²) >= 11 is 6.27. The van der Waals surface area contributed by atoms with Gasteiger partial charge < -0.3 is 19.7 Å². The van der Waals surface area contributed by atoms with E-state index in [-0.39, 0.29) is 0 Å². The number of nitrogens with one attached hydrogen (secondary N) is 1. The molecule has 3 rings (SSSR count). The third-order valence-corrected chi connectivity index (χ3v) is 5.48. The maximum atomic E-state index is 12.9. The molecule has 1 fully saturated rings. The van der Waals surface area contributed by atoms with Crippen molar-refractivity contribution in [3.63, 3.8) is 0 Å². The van der Waals surface area contributed by atoms with Crippen LogP contribution in [-0.4, -0.2) is 81.0 Å². The standard InChI is InChI=1S/C19H26ClF3N4O2/c1-13(19(21,22)23)26-5-7-27(8-6-26)18(24-2)25-4-3-14-11-15(20)17-16(12-14)28-9-10-29-17/h11-13H,3-10H2,1-2H3,(H,24,25). The van der Waals surface area contributed by atoms with Crippen molar-refractivity contribution in [3.05, 3.63) is 22.7 Å². The van der Waals surface area contributed by atoms with Crippen LogP contribution in [0.3, 0.4) is 0 Å². The molecular formula is C19H26ClF3N4O2. The molecule has 1 N–H and O–H groups in total. The number of halogens is 4. The predicted molar refractivity (Wildman–Crippen MR) is 106 cm³/mol. The van der Waals surface area contributed by atoms with E-state index in [2.05, 4.69) is 10.3 Å². The highest BCUT2D eigenvalue weighted by atomic mass is 35.5. The minimum Gasteiger partial charge on any atom is -0.486 e. The van der Waals surface area contributed by atoms with E-state index in [4.69, 9.17) is 21.1 Å². The Morgan fingerprint density at radius 2 is 1.90 bits per heavy atom. The van der Waals surface area contributed by atoms with Crippen LogP contribution in [0.25, 0.3) is 0 Å². The van der Waals surface area contributed by atoms with Gasteiger partial charge in [-0.05, 0) is 31.0 Å². The molecule has 0 bridgehead atoms. The van der Waals surface area contributed by atoms with Crippen LogP contribution < -0.4 is 14.8 Å². The van der Waals surface area contributed by atoms with E-state index in [0.29, 0.717) is 74.8 Å². The van der Waals surface area contributed by atoms with Crippen LogP contribution in [0.2, 0.25) is 5.02 Å². The monoisotopic (exact) mass is 434 g/mol. The quantitative estimate of drug-likeness (QED) is 0.583. The zero-order valence-corrected chi connectivity index (χ0v) is 17.3. The van der Waals surface area contributed by atoms with Gasteiger partial charge in [0.05, 0.1) is 5.02 Å². The number of hydrogen-bond acceptors (Lipinski definition) is 4. The number of benzene rings is 1. The van der Waals surface area contributed by atoms with Crippen LogP contribution in [-0.2, 0) is 6.42 Å². The summed E-state index contributed by atoms with van der Waals surface area (Å²) in [5, 5.41) is 3.81. The van der Waals surface area contributed by atoms with E-state index >= 15 is 0 Å². The van der Waals surface area contributed by atoms with Gasteiger partial charge in [-0.3, -0.25) is 9.89 Å². The van der Waals surface area contributed by atoms with Gasteiger partial charge in [0.15, 0.2) is 17.5 Å². The Kier molecular flexibility index (Phi) is 7.00. The van der Waals surface area contributed by atoms with Crippen LogP contribution in [0.15, 0.2) is 17.1 Å². The molecule has 1 unspecified atom stereocenters. The summed E-state index contributed by atoms with van der Waals surface area (Å²) in [6.07, 6.45) is -3.51. The van der Waals surface area contributed by atoms with Crippen LogP contribution in [0.5, 0.6) is 11.5 Å². The number of hydrogen-bond donors (Lipinski definition) is 1. The van der Waals surface area contributed by atoms with E-state index in [0.717, 1.165) is 5.56 Å². The molecule has 2 aliphatic heterocycles. The van der Waals surface area contributed by atoms with E-state index in [9.17, 15) is 13.2 Å². The van der Waals surface area contributed by atoms with Gasteiger partial charge in [0.1, 0.15) is 19.3 Å². The Labute approximate surface area is 173 Å². The van der Waals surface area contributed by atoms with Gasteiger partial charge in [-0.2, -0.15) is 13.2 Å². The van der Waals surface area contributed by atoms with E-state index < -0.39 is 12.2 Å². The van der Waals surface area contributed by atoms with Crippen molar-refractivity contribution in [2.45, 2.75) is 25.6 Å². The second-order valence-corrected chi connectivity index (χ2v) is 7.47. The Balaban J connectivity index is 1.50. The minimum absolute atomic E-state index is 0.346. The molecule has 0 amide bonds. The number of rotatable bonds is 4. The van der Waals surface area contributed by atoms with Gasteiger partial charge in [0.2, 0.25) is 0 Å². The number of fused-ring (bicyclic) bond motifs is 1. The molecule has 1 saturated heterocycles. The number of aliphatic imine (C=N–C) groups is 1. The lowest BCUT2D eigenvalue weighted by Crippen LogP contribution is -2.56. The molecular weight excluding hydrogens is 409 g/mol. The van der Waals surface area contributed by atoms with Crippen molar-refractivity contribution < 1.29 is 22.6 Å². The first kappa shape index (κ1) is 21.8. The molecule has 1 aromatic carbocycles. The first-order chi connectivity index (χ1) is 13.8. The summed E-state index contributed by atoms with van der Waals surface area (Å²) < 4.78 is 49.8. The predicted octanol–water partition coefficient (Wildman–Crippen LogP) is 2.80. The fourth-order valence-corrected chi connectivity index (χ4v) is 3.78. The van der Waals surface area contributed by atoms with Gasteiger partial charge in [0.25, 0.3) is 0 Å². The molecule has 0 spiro atoms. The van der Waals surface area contributed by atoms with Crippen LogP contribution in [0.1, 0.15) is 12.5 Å². The van der Waals surface area contributed by atoms with Crippen molar-refractivity contribution in [3.8, 4) is 11.5 Å². The fraction of sp³-hybridized carbons (Fsp3) is 0.632. The number of piperazine rings is 1. The summed E-state index contributed by atoms with van der Waals surface area (Å²) in [4.78, 5) is 7.71. The molecule has 0 aromatic heterocycles. The van der Waals surface area contributed by atoms with Crippen LogP contribution in [0, 0.1) is 0 Å². The van der Waals surface area contributed by atoms with Crippen molar-refractivity contribution in [1.82, 2.24) is 15.1 Å². The highest BCUT2D eigenvalue weighted by Gasteiger charge is 2.41. The summed E-state index contributed by atoms with van der Waals surface area (Å²) in [7, 11) is 1.67. The molecule has 0 aliphatic carbocycles. The van der Waals surface area contributed by atoms with Gasteiger partial charge >= 0.3 is 6.18 Å². The van der Waals surface area contributed by atoms with Crippen molar-refractivity contribution >= 4 is 17.6 Å². The Morgan fingerprint density at radius 3 is 2.55 bits per heavy atom. The first-order valence-corrected chi connectivity index (χ1v) is 10.0. The molecule has 29 heavy (non-hydrogen) atoms. The fourth-order valence-electron chi connectivity index (χ4n) is 3.49. The summed E-state index contributed by atoms with van der Waals surface area (Å²) in [6.45, 7) is 4.49. The molecule has 2 heterocycles. The molecule has 0 saturated carbocycles. The normalized spacial score (nSPS) is 19.2. The molecule has 10 heteroatoms. The number of ether oxygens (including phenoxy) is 2. The average molecular weight is 435 g/mol. The number of nitrogens with zero attached hydrogens (tertiary/aromatic N) is 3. The van der Waals surface area contributed by atoms with Crippen LogP contribution >= 0.6 is 11.6 Å². The Hall–Kier alpha value is -1.87. The molecule has 1 aromatic rings. The number of guanidine groups is 1. The SMILES string of the molecule is CN=C(NCCc1cc(Cl)c2c(c1)OCCO2)N1CCN(C(C)C(F)(F)F)CC1. The molecule has 6 nitrogen and oxygen atoms in total. The highest BCUT2D eigenvalue weighted by Crippen LogP contribution is 2.38. The summed E-state index contributed by atoms with van der Waals surface area (Å²) in [6, 6.07) is 2.35. The van der Waals surface area contributed by atoms with Gasteiger partial charge in [0, 0.05) is 39.8 Å². The van der Waals surface area contributed by atoms with Crippen molar-refractivity contribution in [1.29, 1.82) is 0 Å². The summed E-state index contributed by atoms with van der Waals surface area (Å²) in [5.41, 5.74) is 1.01. The third kappa shape index (κ3) is 5.39. The van der Waals surface area contributed by atoms with Crippen molar-refractivity contribution in [2.24, 2.45) is 4.99 Å². The van der Waals surface area contributed by atoms with Gasteiger partial charge in [-0.25, -0.2) is 0 Å². The minimum atomic E-state index is -4.20. The van der Waals surface area contributed by atoms with Crippen molar-refractivity contribution in [2.75, 3.05) is 53.0 Å². The molecule has 0 radical (unpaired) electrons. The lowest BCUT2D eigenvalue weighted by atomic mass is 10.1. The summed E-state index contributed by atoms with van der Waals surface area (Å²) in [5.74, 6) is 1.92. The maximum Gasteiger partial charge on any atom is 0.403 e. The molecule has 2 aliphatic rings. The average Bonchev–Trinajstić information content (AvgIpc) is 2.70. The van der Waals surface area contributed by atoms with Crippen LogP contribution in [0.4, 0.5) is 13.2 Å². The second-order valence-electron chi connectivity index (χ2n) is 7.07.